The highest BCUT2D eigenvalue weighted by atomic mass is 35.5. The van der Waals surface area contributed by atoms with Gasteiger partial charge in [0.05, 0.1) is 20.3 Å². The second-order valence-electron chi connectivity index (χ2n) is 5.89. The van der Waals surface area contributed by atoms with E-state index in [1.165, 1.54) is 0 Å². The number of hydrogen-bond acceptors (Lipinski definition) is 3. The van der Waals surface area contributed by atoms with Crippen LogP contribution in [0.3, 0.4) is 0 Å². The Kier molecular flexibility index (Phi) is 7.66. The molecule has 1 aromatic carbocycles. The van der Waals surface area contributed by atoms with Gasteiger partial charge in [-0.2, -0.15) is 0 Å². The van der Waals surface area contributed by atoms with Gasteiger partial charge in [-0.15, -0.1) is 0 Å². The first kappa shape index (κ1) is 18.9. The van der Waals surface area contributed by atoms with E-state index in [2.05, 4.69) is 17.1 Å². The smallest absolute Gasteiger partial charge is 0.194 e. The highest BCUT2D eigenvalue weighted by Crippen LogP contribution is 2.24. The maximum atomic E-state index is 6.02. The molecule has 5 nitrogen and oxygen atoms in total. The average molecular weight is 354 g/mol. The number of hydrogen-bond donors (Lipinski definition) is 1. The van der Waals surface area contributed by atoms with E-state index in [1.54, 1.807) is 7.11 Å². The SMILES string of the molecule is CCNC(=NCc1ccc(Cl)cc1OC)N1CCC(COCC)C1. The van der Waals surface area contributed by atoms with Crippen molar-refractivity contribution >= 4 is 17.6 Å². The molecule has 1 atom stereocenters. The maximum Gasteiger partial charge on any atom is 0.194 e. The summed E-state index contributed by atoms with van der Waals surface area (Å²) < 4.78 is 11.0. The van der Waals surface area contributed by atoms with Crippen LogP contribution in [0.2, 0.25) is 5.02 Å². The third-order valence-electron chi connectivity index (χ3n) is 4.13. The molecule has 1 aliphatic heterocycles. The van der Waals surface area contributed by atoms with Gasteiger partial charge in [-0.05, 0) is 32.4 Å². The van der Waals surface area contributed by atoms with Crippen molar-refractivity contribution in [2.75, 3.05) is 40.0 Å². The first-order valence-electron chi connectivity index (χ1n) is 8.61. The molecule has 134 valence electrons. The molecule has 0 amide bonds. The Morgan fingerprint density at radius 1 is 1.42 bits per heavy atom. The third-order valence-corrected chi connectivity index (χ3v) is 4.36. The number of rotatable bonds is 7. The molecular weight excluding hydrogens is 326 g/mol. The van der Waals surface area contributed by atoms with E-state index in [9.17, 15) is 0 Å². The predicted octanol–water partition coefficient (Wildman–Crippen LogP) is 3.17. The molecular formula is C18H28ClN3O2. The summed E-state index contributed by atoms with van der Waals surface area (Å²) in [6, 6.07) is 5.67. The maximum absolute atomic E-state index is 6.02. The fourth-order valence-electron chi connectivity index (χ4n) is 2.88. The van der Waals surface area contributed by atoms with Crippen molar-refractivity contribution in [1.82, 2.24) is 10.2 Å². The minimum atomic E-state index is 0.565. The Bertz CT molecular complexity index is 551. The molecule has 0 radical (unpaired) electrons. The second kappa shape index (κ2) is 9.74. The first-order valence-corrected chi connectivity index (χ1v) is 8.99. The van der Waals surface area contributed by atoms with Gasteiger partial charge in [0.15, 0.2) is 5.96 Å². The summed E-state index contributed by atoms with van der Waals surface area (Å²) in [5, 5.41) is 4.06. The van der Waals surface area contributed by atoms with Gasteiger partial charge < -0.3 is 19.7 Å². The van der Waals surface area contributed by atoms with Crippen molar-refractivity contribution < 1.29 is 9.47 Å². The second-order valence-corrected chi connectivity index (χ2v) is 6.32. The van der Waals surface area contributed by atoms with Crippen molar-refractivity contribution in [2.45, 2.75) is 26.8 Å². The fourth-order valence-corrected chi connectivity index (χ4v) is 3.04. The van der Waals surface area contributed by atoms with Crippen LogP contribution >= 0.6 is 11.6 Å². The topological polar surface area (TPSA) is 46.1 Å². The lowest BCUT2D eigenvalue weighted by Crippen LogP contribution is -2.40. The fraction of sp³-hybridized carbons (Fsp3) is 0.611. The lowest BCUT2D eigenvalue weighted by atomic mass is 10.1. The molecule has 2 rings (SSSR count). The molecule has 1 fully saturated rings. The lowest BCUT2D eigenvalue weighted by molar-refractivity contribution is 0.114. The van der Waals surface area contributed by atoms with Crippen LogP contribution in [-0.2, 0) is 11.3 Å². The van der Waals surface area contributed by atoms with E-state index in [1.807, 2.05) is 25.1 Å². The minimum absolute atomic E-state index is 0.565. The lowest BCUT2D eigenvalue weighted by Gasteiger charge is -2.22. The monoisotopic (exact) mass is 353 g/mol. The number of methoxy groups -OCH3 is 1. The zero-order valence-electron chi connectivity index (χ0n) is 14.8. The standard InChI is InChI=1S/C18H28ClN3O2/c1-4-20-18(22-9-8-14(12-22)13-24-5-2)21-11-15-6-7-16(19)10-17(15)23-3/h6-7,10,14H,4-5,8-9,11-13H2,1-3H3,(H,20,21). The quantitative estimate of drug-likeness (QED) is 0.604. The zero-order valence-corrected chi connectivity index (χ0v) is 15.6. The Labute approximate surface area is 150 Å². The Morgan fingerprint density at radius 2 is 2.25 bits per heavy atom. The molecule has 1 heterocycles. The third kappa shape index (κ3) is 5.28. The largest absolute Gasteiger partial charge is 0.496 e. The van der Waals surface area contributed by atoms with Crippen LogP contribution in [0.25, 0.3) is 0 Å². The van der Waals surface area contributed by atoms with Gasteiger partial charge in [0.25, 0.3) is 0 Å². The molecule has 0 spiro atoms. The van der Waals surface area contributed by atoms with E-state index in [0.717, 1.165) is 56.5 Å². The van der Waals surface area contributed by atoms with Crippen LogP contribution < -0.4 is 10.1 Å². The predicted molar refractivity (Wildman–Crippen MR) is 99.0 cm³/mol. The van der Waals surface area contributed by atoms with E-state index < -0.39 is 0 Å². The van der Waals surface area contributed by atoms with E-state index in [-0.39, 0.29) is 0 Å². The first-order chi connectivity index (χ1) is 11.7. The van der Waals surface area contributed by atoms with Crippen LogP contribution in [0.1, 0.15) is 25.8 Å². The van der Waals surface area contributed by atoms with Crippen LogP contribution in [0.4, 0.5) is 0 Å². The molecule has 24 heavy (non-hydrogen) atoms. The van der Waals surface area contributed by atoms with Crippen LogP contribution in [0, 0.1) is 5.92 Å². The van der Waals surface area contributed by atoms with Crippen LogP contribution in [0.15, 0.2) is 23.2 Å². The van der Waals surface area contributed by atoms with Gasteiger partial charge in [0.2, 0.25) is 0 Å². The summed E-state index contributed by atoms with van der Waals surface area (Å²) in [5.74, 6) is 2.31. The van der Waals surface area contributed by atoms with E-state index >= 15 is 0 Å². The van der Waals surface area contributed by atoms with Crippen molar-refractivity contribution in [3.05, 3.63) is 28.8 Å². The summed E-state index contributed by atoms with van der Waals surface area (Å²) in [6.45, 7) is 9.16. The average Bonchev–Trinajstić information content (AvgIpc) is 3.06. The molecule has 1 saturated heterocycles. The number of halogens is 1. The highest BCUT2D eigenvalue weighted by Gasteiger charge is 2.24. The minimum Gasteiger partial charge on any atom is -0.496 e. The van der Waals surface area contributed by atoms with Gasteiger partial charge in [0, 0.05) is 42.7 Å². The number of nitrogens with one attached hydrogen (secondary N) is 1. The highest BCUT2D eigenvalue weighted by molar-refractivity contribution is 6.30. The Balaban J connectivity index is 2.03. The number of ether oxygens (including phenoxy) is 2. The number of benzene rings is 1. The molecule has 6 heteroatoms. The van der Waals surface area contributed by atoms with Gasteiger partial charge >= 0.3 is 0 Å². The van der Waals surface area contributed by atoms with Gasteiger partial charge in [-0.25, -0.2) is 4.99 Å². The van der Waals surface area contributed by atoms with Crippen LogP contribution in [-0.4, -0.2) is 50.8 Å². The molecule has 1 aromatic rings. The molecule has 0 aromatic heterocycles. The van der Waals surface area contributed by atoms with Crippen molar-refractivity contribution in [3.8, 4) is 5.75 Å². The number of nitrogens with zero attached hydrogens (tertiary/aromatic N) is 2. The zero-order chi connectivity index (χ0) is 17.4. The number of guanidine groups is 1. The molecule has 1 aliphatic rings. The molecule has 1 N–H and O–H groups in total. The summed E-state index contributed by atoms with van der Waals surface area (Å²) in [7, 11) is 1.66. The molecule has 1 unspecified atom stereocenters. The van der Waals surface area contributed by atoms with Crippen LogP contribution in [0.5, 0.6) is 5.75 Å². The Morgan fingerprint density at radius 3 is 2.96 bits per heavy atom. The van der Waals surface area contributed by atoms with Gasteiger partial charge in [-0.1, -0.05) is 17.7 Å². The van der Waals surface area contributed by atoms with E-state index in [0.29, 0.717) is 17.5 Å². The molecule has 0 aliphatic carbocycles. The van der Waals surface area contributed by atoms with Crippen molar-refractivity contribution in [1.29, 1.82) is 0 Å². The number of likely N-dealkylation sites (tertiary alicyclic amines) is 1. The molecule has 0 bridgehead atoms. The Hall–Kier alpha value is -1.46. The van der Waals surface area contributed by atoms with Crippen molar-refractivity contribution in [2.24, 2.45) is 10.9 Å². The molecule has 0 saturated carbocycles. The van der Waals surface area contributed by atoms with Crippen molar-refractivity contribution in [3.63, 3.8) is 0 Å². The summed E-state index contributed by atoms with van der Waals surface area (Å²) >= 11 is 6.02. The summed E-state index contributed by atoms with van der Waals surface area (Å²) in [6.07, 6.45) is 1.15. The normalized spacial score (nSPS) is 18.1. The summed E-state index contributed by atoms with van der Waals surface area (Å²) in [5.41, 5.74) is 1.03. The van der Waals surface area contributed by atoms with Gasteiger partial charge in [-0.3, -0.25) is 0 Å². The summed E-state index contributed by atoms with van der Waals surface area (Å²) in [4.78, 5) is 7.10. The van der Waals surface area contributed by atoms with Gasteiger partial charge in [0.1, 0.15) is 5.75 Å². The van der Waals surface area contributed by atoms with E-state index in [4.69, 9.17) is 26.1 Å². The number of aliphatic imine (C=N–C) groups is 1.